The van der Waals surface area contributed by atoms with E-state index in [1.807, 2.05) is 0 Å². The Balaban J connectivity index is 2.37. The van der Waals surface area contributed by atoms with Crippen molar-refractivity contribution >= 4 is 0 Å². The van der Waals surface area contributed by atoms with Crippen molar-refractivity contribution in [1.82, 2.24) is 9.78 Å². The zero-order valence-corrected chi connectivity index (χ0v) is 9.47. The molecule has 0 aliphatic heterocycles. The molecule has 0 amide bonds. The topological polar surface area (TPSA) is 55.1 Å². The summed E-state index contributed by atoms with van der Waals surface area (Å²) in [5.41, 5.74) is -0.578. The summed E-state index contributed by atoms with van der Waals surface area (Å²) in [5.74, 6) is -1.63. The van der Waals surface area contributed by atoms with Crippen molar-refractivity contribution in [3.8, 4) is 0 Å². The number of aromatic nitrogens is 2. The molecular formula is C11H13F3N2O2. The molecule has 1 saturated carbocycles. The summed E-state index contributed by atoms with van der Waals surface area (Å²) < 4.78 is 39.6. The number of nitrogens with zero attached hydrogens (tertiary/aromatic N) is 2. The maximum Gasteiger partial charge on any atom is 0.393 e. The second-order valence-electron chi connectivity index (χ2n) is 4.49. The Morgan fingerprint density at radius 3 is 2.72 bits per heavy atom. The second-order valence-corrected chi connectivity index (χ2v) is 4.49. The summed E-state index contributed by atoms with van der Waals surface area (Å²) in [6, 6.07) is 1.42. The molecule has 1 fully saturated rings. The van der Waals surface area contributed by atoms with Crippen LogP contribution >= 0.6 is 0 Å². The Kier molecular flexibility index (Phi) is 3.43. The quantitative estimate of drug-likeness (QED) is 0.834. The van der Waals surface area contributed by atoms with Gasteiger partial charge in [-0.1, -0.05) is 0 Å². The van der Waals surface area contributed by atoms with Gasteiger partial charge in [-0.15, -0.1) is 0 Å². The van der Waals surface area contributed by atoms with Gasteiger partial charge in [0.15, 0.2) is 0 Å². The number of hydrogen-bond donors (Lipinski definition) is 1. The molecule has 100 valence electrons. The third-order valence-corrected chi connectivity index (χ3v) is 3.27. The standard InChI is InChI=1S/C11H13F3N2O2/c12-11(13,14)8-4-3-7(17)6-9(8)16-10(18)2-1-5-15-16/h1-2,5,7-9,17H,3-4,6H2. The van der Waals surface area contributed by atoms with Crippen molar-refractivity contribution < 1.29 is 18.3 Å². The molecule has 18 heavy (non-hydrogen) atoms. The van der Waals surface area contributed by atoms with Gasteiger partial charge in [-0.25, -0.2) is 4.68 Å². The molecule has 7 heteroatoms. The third kappa shape index (κ3) is 2.55. The Hall–Kier alpha value is -1.37. The highest BCUT2D eigenvalue weighted by molar-refractivity contribution is 4.92. The molecule has 1 heterocycles. The highest BCUT2D eigenvalue weighted by Gasteiger charge is 2.48. The van der Waals surface area contributed by atoms with Crippen LogP contribution in [0.4, 0.5) is 13.2 Å². The Labute approximate surface area is 101 Å². The molecule has 4 nitrogen and oxygen atoms in total. The van der Waals surface area contributed by atoms with E-state index in [9.17, 15) is 23.1 Å². The second kappa shape index (κ2) is 4.72. The number of halogens is 3. The molecule has 1 aromatic heterocycles. The maximum absolute atomic E-state index is 12.9. The molecule has 1 aliphatic carbocycles. The van der Waals surface area contributed by atoms with Crippen LogP contribution in [-0.2, 0) is 0 Å². The molecule has 0 spiro atoms. The van der Waals surface area contributed by atoms with Crippen molar-refractivity contribution in [2.75, 3.05) is 0 Å². The highest BCUT2D eigenvalue weighted by atomic mass is 19.4. The number of alkyl halides is 3. The molecular weight excluding hydrogens is 249 g/mol. The van der Waals surface area contributed by atoms with Gasteiger partial charge in [0.25, 0.3) is 5.56 Å². The van der Waals surface area contributed by atoms with E-state index in [0.717, 1.165) is 4.68 Å². The summed E-state index contributed by atoms with van der Waals surface area (Å²) in [7, 11) is 0. The minimum atomic E-state index is -4.39. The maximum atomic E-state index is 12.9. The van der Waals surface area contributed by atoms with E-state index < -0.39 is 29.8 Å². The number of aliphatic hydroxyl groups excluding tert-OH is 1. The SMILES string of the molecule is O=c1cccnn1C1CC(O)CCC1C(F)(F)F. The number of aliphatic hydroxyl groups is 1. The zero-order valence-electron chi connectivity index (χ0n) is 9.47. The predicted molar refractivity (Wildman–Crippen MR) is 56.9 cm³/mol. The van der Waals surface area contributed by atoms with Gasteiger partial charge in [0.05, 0.1) is 18.1 Å². The van der Waals surface area contributed by atoms with E-state index in [-0.39, 0.29) is 19.3 Å². The van der Waals surface area contributed by atoms with Crippen LogP contribution in [0, 0.1) is 5.92 Å². The van der Waals surface area contributed by atoms with E-state index in [1.165, 1.54) is 18.3 Å². The third-order valence-electron chi connectivity index (χ3n) is 3.27. The smallest absolute Gasteiger partial charge is 0.393 e. The first-order valence-electron chi connectivity index (χ1n) is 5.68. The molecule has 1 aromatic rings. The zero-order chi connectivity index (χ0) is 13.3. The van der Waals surface area contributed by atoms with Crippen LogP contribution in [0.25, 0.3) is 0 Å². The lowest BCUT2D eigenvalue weighted by Gasteiger charge is -2.35. The lowest BCUT2D eigenvalue weighted by molar-refractivity contribution is -0.200. The van der Waals surface area contributed by atoms with E-state index in [2.05, 4.69) is 5.10 Å². The Morgan fingerprint density at radius 2 is 2.11 bits per heavy atom. The van der Waals surface area contributed by atoms with Gasteiger partial charge in [-0.05, 0) is 25.3 Å². The normalized spacial score (nSPS) is 29.2. The van der Waals surface area contributed by atoms with Crippen molar-refractivity contribution in [3.05, 3.63) is 28.7 Å². The van der Waals surface area contributed by atoms with Gasteiger partial charge in [-0.2, -0.15) is 18.3 Å². The van der Waals surface area contributed by atoms with Gasteiger partial charge >= 0.3 is 6.18 Å². The van der Waals surface area contributed by atoms with Gasteiger partial charge in [0.1, 0.15) is 0 Å². The summed E-state index contributed by atoms with van der Waals surface area (Å²) in [4.78, 5) is 11.5. The van der Waals surface area contributed by atoms with Crippen LogP contribution in [0.1, 0.15) is 25.3 Å². The van der Waals surface area contributed by atoms with Crippen LogP contribution in [0.5, 0.6) is 0 Å². The van der Waals surface area contributed by atoms with Crippen LogP contribution in [0.2, 0.25) is 0 Å². The lowest BCUT2D eigenvalue weighted by atomic mass is 9.82. The van der Waals surface area contributed by atoms with Crippen LogP contribution in [-0.4, -0.2) is 27.2 Å². The fourth-order valence-corrected chi connectivity index (χ4v) is 2.40. The Bertz CT molecular complexity index is 472. The van der Waals surface area contributed by atoms with Gasteiger partial charge in [0.2, 0.25) is 0 Å². The first-order chi connectivity index (χ1) is 8.39. The molecule has 0 bridgehead atoms. The molecule has 0 saturated heterocycles. The molecule has 0 radical (unpaired) electrons. The molecule has 0 aromatic carbocycles. The largest absolute Gasteiger partial charge is 0.393 e. The van der Waals surface area contributed by atoms with Gasteiger partial charge in [-0.3, -0.25) is 4.79 Å². The minimum absolute atomic E-state index is 0.0961. The van der Waals surface area contributed by atoms with Crippen molar-refractivity contribution in [2.24, 2.45) is 5.92 Å². The summed E-state index contributed by atoms with van der Waals surface area (Å²) >= 11 is 0. The molecule has 3 unspecified atom stereocenters. The fraction of sp³-hybridized carbons (Fsp3) is 0.636. The van der Waals surface area contributed by atoms with Crippen LogP contribution in [0.15, 0.2) is 23.1 Å². The van der Waals surface area contributed by atoms with Crippen LogP contribution < -0.4 is 5.56 Å². The van der Waals surface area contributed by atoms with Gasteiger partial charge < -0.3 is 5.11 Å². The van der Waals surface area contributed by atoms with E-state index in [0.29, 0.717) is 0 Å². The molecule has 3 atom stereocenters. The minimum Gasteiger partial charge on any atom is -0.393 e. The van der Waals surface area contributed by atoms with Crippen molar-refractivity contribution in [1.29, 1.82) is 0 Å². The van der Waals surface area contributed by atoms with Gasteiger partial charge in [0, 0.05) is 12.3 Å². The highest BCUT2D eigenvalue weighted by Crippen LogP contribution is 2.43. The van der Waals surface area contributed by atoms with E-state index in [4.69, 9.17) is 0 Å². The average Bonchev–Trinajstić information content (AvgIpc) is 2.27. The molecule has 1 aliphatic rings. The number of rotatable bonds is 1. The lowest BCUT2D eigenvalue weighted by Crippen LogP contribution is -2.42. The molecule has 1 N–H and O–H groups in total. The Morgan fingerprint density at radius 1 is 1.39 bits per heavy atom. The summed E-state index contributed by atoms with van der Waals surface area (Å²) in [6.07, 6.45) is -4.11. The van der Waals surface area contributed by atoms with Crippen molar-refractivity contribution in [2.45, 2.75) is 37.6 Å². The summed E-state index contributed by atoms with van der Waals surface area (Å²) in [5, 5.41) is 13.2. The molecule has 2 rings (SSSR count). The average molecular weight is 262 g/mol. The van der Waals surface area contributed by atoms with E-state index in [1.54, 1.807) is 0 Å². The van der Waals surface area contributed by atoms with Crippen molar-refractivity contribution in [3.63, 3.8) is 0 Å². The van der Waals surface area contributed by atoms with E-state index >= 15 is 0 Å². The summed E-state index contributed by atoms with van der Waals surface area (Å²) in [6.45, 7) is 0. The predicted octanol–water partition coefficient (Wildman–Crippen LogP) is 1.51. The fourth-order valence-electron chi connectivity index (χ4n) is 2.40. The number of hydrogen-bond acceptors (Lipinski definition) is 3. The van der Waals surface area contributed by atoms with Crippen LogP contribution in [0.3, 0.4) is 0 Å². The first kappa shape index (κ1) is 13.1. The first-order valence-corrected chi connectivity index (χ1v) is 5.68. The monoisotopic (exact) mass is 262 g/mol.